The molecule has 1 aromatic carbocycles. The highest BCUT2D eigenvalue weighted by molar-refractivity contribution is 5.89. The smallest absolute Gasteiger partial charge is 0.264 e. The van der Waals surface area contributed by atoms with Crippen molar-refractivity contribution in [3.8, 4) is 5.69 Å². The fourth-order valence-corrected chi connectivity index (χ4v) is 3.09. The van der Waals surface area contributed by atoms with Crippen LogP contribution in [-0.4, -0.2) is 30.4 Å². The van der Waals surface area contributed by atoms with Gasteiger partial charge in [-0.2, -0.15) is 5.10 Å². The molecule has 9 heteroatoms. The van der Waals surface area contributed by atoms with E-state index in [9.17, 15) is 9.59 Å². The number of aryl methyl sites for hydroxylation is 3. The van der Waals surface area contributed by atoms with Crippen molar-refractivity contribution in [2.24, 2.45) is 0 Å². The minimum absolute atomic E-state index is 0.103. The van der Waals surface area contributed by atoms with Gasteiger partial charge in [-0.3, -0.25) is 14.2 Å². The summed E-state index contributed by atoms with van der Waals surface area (Å²) in [6, 6.07) is 9.45. The average molecular weight is 392 g/mol. The first-order valence-corrected chi connectivity index (χ1v) is 9.18. The van der Waals surface area contributed by atoms with Crippen molar-refractivity contribution in [2.45, 2.75) is 33.7 Å². The number of rotatable bonds is 5. The van der Waals surface area contributed by atoms with Gasteiger partial charge in [-0.25, -0.2) is 9.67 Å². The van der Waals surface area contributed by atoms with Crippen LogP contribution < -0.4 is 10.9 Å². The zero-order chi connectivity index (χ0) is 20.5. The average Bonchev–Trinajstić information content (AvgIpc) is 3.28. The first kappa shape index (κ1) is 18.6. The van der Waals surface area contributed by atoms with Crippen LogP contribution in [0.5, 0.6) is 0 Å². The molecule has 3 heterocycles. The molecule has 3 aromatic heterocycles. The predicted octanol–water partition coefficient (Wildman–Crippen LogP) is 2.52. The zero-order valence-electron chi connectivity index (χ0n) is 16.3. The molecule has 0 aliphatic carbocycles. The quantitative estimate of drug-likeness (QED) is 0.559. The summed E-state index contributed by atoms with van der Waals surface area (Å²) in [5, 5.41) is 11.1. The third-order valence-corrected chi connectivity index (χ3v) is 4.61. The van der Waals surface area contributed by atoms with Crippen LogP contribution in [0.25, 0.3) is 16.7 Å². The van der Waals surface area contributed by atoms with Gasteiger partial charge < -0.3 is 9.84 Å². The van der Waals surface area contributed by atoms with Crippen molar-refractivity contribution in [3.05, 3.63) is 64.0 Å². The fraction of sp³-hybridized carbons (Fsp3) is 0.250. The van der Waals surface area contributed by atoms with E-state index < -0.39 is 0 Å². The lowest BCUT2D eigenvalue weighted by atomic mass is 10.2. The maximum absolute atomic E-state index is 12.9. The van der Waals surface area contributed by atoms with Gasteiger partial charge in [0.05, 0.1) is 11.9 Å². The van der Waals surface area contributed by atoms with Crippen molar-refractivity contribution < 1.29 is 9.32 Å². The zero-order valence-corrected chi connectivity index (χ0v) is 16.3. The highest BCUT2D eigenvalue weighted by Gasteiger charge is 2.15. The second-order valence-corrected chi connectivity index (χ2v) is 6.87. The number of amides is 1. The van der Waals surface area contributed by atoms with Gasteiger partial charge in [0.2, 0.25) is 5.91 Å². The lowest BCUT2D eigenvalue weighted by Crippen LogP contribution is -2.26. The molecule has 1 amide bonds. The third-order valence-electron chi connectivity index (χ3n) is 4.61. The Hall–Kier alpha value is -3.75. The summed E-state index contributed by atoms with van der Waals surface area (Å²) in [6.07, 6.45) is 1.62. The summed E-state index contributed by atoms with van der Waals surface area (Å²) >= 11 is 0. The molecule has 148 valence electrons. The number of aromatic nitrogens is 5. The molecule has 0 spiro atoms. The molecular formula is C20H20N6O3. The maximum atomic E-state index is 12.9. The Labute approximate surface area is 166 Å². The lowest BCUT2D eigenvalue weighted by Gasteiger charge is -2.10. The molecule has 0 unspecified atom stereocenters. The molecule has 9 nitrogen and oxygen atoms in total. The van der Waals surface area contributed by atoms with Crippen molar-refractivity contribution in [1.82, 2.24) is 24.5 Å². The molecule has 4 rings (SSSR count). The Morgan fingerprint density at radius 3 is 2.62 bits per heavy atom. The SMILES string of the molecule is Cc1ccc(-n2ncc3c(=O)n(CCC(=O)Nc4cc(C)on4)c(C)nc32)cc1. The normalized spacial score (nSPS) is 11.1. The Morgan fingerprint density at radius 1 is 1.17 bits per heavy atom. The van der Waals surface area contributed by atoms with Crippen LogP contribution in [0.2, 0.25) is 0 Å². The minimum atomic E-state index is -0.264. The van der Waals surface area contributed by atoms with Gasteiger partial charge >= 0.3 is 0 Å². The molecule has 0 saturated carbocycles. The van der Waals surface area contributed by atoms with Crippen molar-refractivity contribution in [3.63, 3.8) is 0 Å². The summed E-state index contributed by atoms with van der Waals surface area (Å²) in [6.45, 7) is 5.69. The standard InChI is InChI=1S/C20H20N6O3/c1-12-4-6-15(7-5-12)26-19-16(11-21-26)20(28)25(14(3)22-19)9-8-18(27)23-17-10-13(2)29-24-17/h4-7,10-11H,8-9H2,1-3H3,(H,23,24,27). The van der Waals surface area contributed by atoms with E-state index in [2.05, 4.69) is 20.6 Å². The molecule has 29 heavy (non-hydrogen) atoms. The van der Waals surface area contributed by atoms with Crippen LogP contribution in [0.15, 0.2) is 45.8 Å². The molecule has 0 aliphatic rings. The van der Waals surface area contributed by atoms with Crippen molar-refractivity contribution >= 4 is 22.8 Å². The number of hydrogen-bond acceptors (Lipinski definition) is 6. The van der Waals surface area contributed by atoms with Gasteiger partial charge in [0, 0.05) is 19.0 Å². The topological polar surface area (TPSA) is 108 Å². The van der Waals surface area contributed by atoms with Gasteiger partial charge in [0.15, 0.2) is 11.5 Å². The number of fused-ring (bicyclic) bond motifs is 1. The van der Waals surface area contributed by atoms with Crippen LogP contribution in [0, 0.1) is 20.8 Å². The van der Waals surface area contributed by atoms with Gasteiger partial charge in [-0.05, 0) is 32.9 Å². The number of carbonyl (C=O) groups is 1. The molecular weight excluding hydrogens is 372 g/mol. The van der Waals surface area contributed by atoms with E-state index in [1.165, 1.54) is 10.8 Å². The second-order valence-electron chi connectivity index (χ2n) is 6.87. The van der Waals surface area contributed by atoms with Gasteiger partial charge in [0.25, 0.3) is 5.56 Å². The fourth-order valence-electron chi connectivity index (χ4n) is 3.09. The van der Waals surface area contributed by atoms with Crippen LogP contribution in [0.4, 0.5) is 5.82 Å². The summed E-state index contributed by atoms with van der Waals surface area (Å²) in [5.41, 5.74) is 2.23. The summed E-state index contributed by atoms with van der Waals surface area (Å²) in [7, 11) is 0. The van der Waals surface area contributed by atoms with Gasteiger partial charge in [-0.1, -0.05) is 22.9 Å². The first-order chi connectivity index (χ1) is 13.9. The Bertz CT molecular complexity index is 1250. The Balaban J connectivity index is 1.58. The summed E-state index contributed by atoms with van der Waals surface area (Å²) in [4.78, 5) is 29.7. The number of anilines is 1. The maximum Gasteiger partial charge on any atom is 0.264 e. The molecule has 4 aromatic rings. The monoisotopic (exact) mass is 392 g/mol. The van der Waals surface area contributed by atoms with E-state index in [-0.39, 0.29) is 24.4 Å². The molecule has 0 aliphatic heterocycles. The third kappa shape index (κ3) is 3.66. The van der Waals surface area contributed by atoms with Gasteiger partial charge in [0.1, 0.15) is 17.0 Å². The van der Waals surface area contributed by atoms with E-state index >= 15 is 0 Å². The molecule has 0 saturated heterocycles. The van der Waals surface area contributed by atoms with E-state index in [1.807, 2.05) is 31.2 Å². The summed E-state index contributed by atoms with van der Waals surface area (Å²) in [5.74, 6) is 1.21. The van der Waals surface area contributed by atoms with Crippen molar-refractivity contribution in [2.75, 3.05) is 5.32 Å². The van der Waals surface area contributed by atoms with Crippen LogP contribution in [0.3, 0.4) is 0 Å². The molecule has 0 bridgehead atoms. The van der Waals surface area contributed by atoms with Gasteiger partial charge in [-0.15, -0.1) is 0 Å². The molecule has 0 radical (unpaired) electrons. The highest BCUT2D eigenvalue weighted by Crippen LogP contribution is 2.15. The van der Waals surface area contributed by atoms with Crippen molar-refractivity contribution in [1.29, 1.82) is 0 Å². The Morgan fingerprint density at radius 2 is 1.93 bits per heavy atom. The van der Waals surface area contributed by atoms with E-state index in [4.69, 9.17) is 4.52 Å². The number of nitrogens with zero attached hydrogens (tertiary/aromatic N) is 5. The number of hydrogen-bond donors (Lipinski definition) is 1. The minimum Gasteiger partial charge on any atom is -0.360 e. The number of carbonyl (C=O) groups excluding carboxylic acids is 1. The lowest BCUT2D eigenvalue weighted by molar-refractivity contribution is -0.116. The van der Waals surface area contributed by atoms with Crippen LogP contribution in [-0.2, 0) is 11.3 Å². The van der Waals surface area contributed by atoms with E-state index in [0.717, 1.165) is 11.3 Å². The molecule has 1 N–H and O–H groups in total. The van der Waals surface area contributed by atoms with Crippen LogP contribution in [0.1, 0.15) is 23.6 Å². The first-order valence-electron chi connectivity index (χ1n) is 9.18. The highest BCUT2D eigenvalue weighted by atomic mass is 16.5. The molecule has 0 atom stereocenters. The molecule has 0 fully saturated rings. The largest absolute Gasteiger partial charge is 0.360 e. The second kappa shape index (κ2) is 7.34. The van der Waals surface area contributed by atoms with E-state index in [1.54, 1.807) is 24.6 Å². The number of benzene rings is 1. The predicted molar refractivity (Wildman–Crippen MR) is 107 cm³/mol. The summed E-state index contributed by atoms with van der Waals surface area (Å²) < 4.78 is 8.05. The van der Waals surface area contributed by atoms with Crippen LogP contribution >= 0.6 is 0 Å². The number of nitrogens with one attached hydrogen (secondary N) is 1. The van der Waals surface area contributed by atoms with E-state index in [0.29, 0.717) is 28.4 Å². The Kier molecular flexibility index (Phi) is 4.71.